The molecule has 1 aromatic rings. The van der Waals surface area contributed by atoms with Gasteiger partial charge in [0.1, 0.15) is 0 Å². The lowest BCUT2D eigenvalue weighted by molar-refractivity contribution is 0.320. The summed E-state index contributed by atoms with van der Waals surface area (Å²) in [7, 11) is 0.597. The van der Waals surface area contributed by atoms with Crippen LogP contribution in [0.15, 0.2) is 29.2 Å². The van der Waals surface area contributed by atoms with Gasteiger partial charge in [0.15, 0.2) is 0 Å². The van der Waals surface area contributed by atoms with Crippen LogP contribution in [0, 0.1) is 6.92 Å². The van der Waals surface area contributed by atoms with E-state index in [-0.39, 0.29) is 6.04 Å². The molecule has 20 heavy (non-hydrogen) atoms. The van der Waals surface area contributed by atoms with Crippen molar-refractivity contribution in [1.82, 2.24) is 14.5 Å². The predicted molar refractivity (Wildman–Crippen MR) is 80.3 cm³/mol. The Morgan fingerprint density at radius 3 is 2.05 bits per heavy atom. The molecule has 0 atom stereocenters. The smallest absolute Gasteiger partial charge is 0.240 e. The molecule has 0 spiro atoms. The fourth-order valence-electron chi connectivity index (χ4n) is 2.41. The Morgan fingerprint density at radius 2 is 1.55 bits per heavy atom. The summed E-state index contributed by atoms with van der Waals surface area (Å²) < 4.78 is 27.6. The van der Waals surface area contributed by atoms with E-state index in [0.717, 1.165) is 31.7 Å². The maximum atomic E-state index is 12.4. The Hall–Kier alpha value is -0.950. The topological polar surface area (TPSA) is 52.7 Å². The largest absolute Gasteiger partial charge is 0.303 e. The van der Waals surface area contributed by atoms with Crippen LogP contribution in [0.5, 0.6) is 0 Å². The normalized spacial score (nSPS) is 19.9. The third-order valence-corrected chi connectivity index (χ3v) is 5.12. The molecule has 0 aromatic heterocycles. The zero-order valence-corrected chi connectivity index (χ0v) is 13.2. The van der Waals surface area contributed by atoms with Gasteiger partial charge in [0, 0.05) is 32.2 Å². The fourth-order valence-corrected chi connectivity index (χ4v) is 3.63. The molecular weight excluding hydrogens is 274 g/mol. The van der Waals surface area contributed by atoms with Crippen LogP contribution in [-0.4, -0.2) is 64.5 Å². The predicted octanol–water partition coefficient (Wildman–Crippen LogP) is 0.519. The summed E-state index contributed by atoms with van der Waals surface area (Å²) in [4.78, 5) is 4.65. The lowest BCUT2D eigenvalue weighted by atomic mass is 10.2. The van der Waals surface area contributed by atoms with Gasteiger partial charge in [0.05, 0.1) is 4.90 Å². The number of hydrogen-bond acceptors (Lipinski definition) is 4. The number of likely N-dealkylation sites (N-methyl/N-ethyl adjacent to an activating group) is 2. The van der Waals surface area contributed by atoms with E-state index in [9.17, 15) is 8.42 Å². The molecule has 1 aliphatic heterocycles. The van der Waals surface area contributed by atoms with Gasteiger partial charge in [-0.1, -0.05) is 17.7 Å². The second-order valence-corrected chi connectivity index (χ2v) is 7.37. The average Bonchev–Trinajstić information content (AvgIpc) is 2.50. The minimum Gasteiger partial charge on any atom is -0.303 e. The number of nitrogens with zero attached hydrogens (tertiary/aromatic N) is 2. The van der Waals surface area contributed by atoms with Crippen molar-refractivity contribution in [3.05, 3.63) is 29.8 Å². The second-order valence-electron chi connectivity index (χ2n) is 5.66. The van der Waals surface area contributed by atoms with Crippen LogP contribution in [0.1, 0.15) is 5.56 Å². The van der Waals surface area contributed by atoms with Gasteiger partial charge < -0.3 is 9.80 Å². The molecular formula is C14H23N3O2S. The van der Waals surface area contributed by atoms with Crippen molar-refractivity contribution < 1.29 is 8.42 Å². The molecule has 0 aliphatic carbocycles. The first-order valence-electron chi connectivity index (χ1n) is 6.83. The van der Waals surface area contributed by atoms with Gasteiger partial charge in [-0.15, -0.1) is 0 Å². The zero-order chi connectivity index (χ0) is 14.8. The van der Waals surface area contributed by atoms with E-state index in [1.54, 1.807) is 12.1 Å². The SMILES string of the molecule is Cc1ccc(S(=O)(=O)NC2CN(C)CCN(C)C2)cc1. The van der Waals surface area contributed by atoms with Crippen molar-refractivity contribution in [2.24, 2.45) is 0 Å². The third kappa shape index (κ3) is 4.02. The van der Waals surface area contributed by atoms with Crippen molar-refractivity contribution in [3.8, 4) is 0 Å². The van der Waals surface area contributed by atoms with Crippen molar-refractivity contribution in [2.75, 3.05) is 40.3 Å². The molecule has 0 unspecified atom stereocenters. The Labute approximate surface area is 121 Å². The molecule has 1 heterocycles. The number of hydrogen-bond donors (Lipinski definition) is 1. The summed E-state index contributed by atoms with van der Waals surface area (Å²) in [6, 6.07) is 6.86. The van der Waals surface area contributed by atoms with Crippen molar-refractivity contribution in [2.45, 2.75) is 17.9 Å². The van der Waals surface area contributed by atoms with Crippen LogP contribution in [0.25, 0.3) is 0 Å². The number of nitrogens with one attached hydrogen (secondary N) is 1. The van der Waals surface area contributed by atoms with E-state index in [1.807, 2.05) is 33.2 Å². The molecule has 1 fully saturated rings. The number of sulfonamides is 1. The van der Waals surface area contributed by atoms with Gasteiger partial charge in [0.25, 0.3) is 0 Å². The van der Waals surface area contributed by atoms with Crippen molar-refractivity contribution in [3.63, 3.8) is 0 Å². The molecule has 6 heteroatoms. The first-order valence-corrected chi connectivity index (χ1v) is 8.31. The highest BCUT2D eigenvalue weighted by Crippen LogP contribution is 2.11. The molecule has 1 N–H and O–H groups in total. The monoisotopic (exact) mass is 297 g/mol. The molecule has 1 aliphatic rings. The van der Waals surface area contributed by atoms with E-state index < -0.39 is 10.0 Å². The van der Waals surface area contributed by atoms with Gasteiger partial charge >= 0.3 is 0 Å². The highest BCUT2D eigenvalue weighted by Gasteiger charge is 2.24. The third-order valence-electron chi connectivity index (χ3n) is 3.58. The maximum Gasteiger partial charge on any atom is 0.240 e. The molecule has 5 nitrogen and oxygen atoms in total. The number of rotatable bonds is 3. The van der Waals surface area contributed by atoms with Gasteiger partial charge in [-0.3, -0.25) is 0 Å². The summed E-state index contributed by atoms with van der Waals surface area (Å²) in [5, 5.41) is 0. The minimum absolute atomic E-state index is 0.0844. The maximum absolute atomic E-state index is 12.4. The molecule has 0 radical (unpaired) electrons. The van der Waals surface area contributed by atoms with Crippen LogP contribution in [-0.2, 0) is 10.0 Å². The highest BCUT2D eigenvalue weighted by molar-refractivity contribution is 7.89. The van der Waals surface area contributed by atoms with Crippen molar-refractivity contribution >= 4 is 10.0 Å². The van der Waals surface area contributed by atoms with E-state index in [1.165, 1.54) is 0 Å². The van der Waals surface area contributed by atoms with E-state index >= 15 is 0 Å². The minimum atomic E-state index is -3.44. The summed E-state index contributed by atoms with van der Waals surface area (Å²) in [6.45, 7) is 5.32. The van der Waals surface area contributed by atoms with Crippen LogP contribution < -0.4 is 4.72 Å². The van der Waals surface area contributed by atoms with Crippen LogP contribution in [0.4, 0.5) is 0 Å². The molecule has 0 saturated carbocycles. The standard InChI is InChI=1S/C14H23N3O2S/c1-12-4-6-14(7-5-12)20(18,19)15-13-10-16(2)8-9-17(3)11-13/h4-7,13,15H,8-11H2,1-3H3. The summed E-state index contributed by atoms with van der Waals surface area (Å²) in [6.07, 6.45) is 0. The van der Waals surface area contributed by atoms with Crippen LogP contribution in [0.2, 0.25) is 0 Å². The molecule has 1 aromatic carbocycles. The first kappa shape index (κ1) is 15.4. The van der Waals surface area contributed by atoms with Crippen LogP contribution in [0.3, 0.4) is 0 Å². The Balaban J connectivity index is 2.12. The molecule has 1 saturated heterocycles. The Kier molecular flexibility index (Phi) is 4.80. The molecule has 0 amide bonds. The lowest BCUT2D eigenvalue weighted by Gasteiger charge is -2.22. The Morgan fingerprint density at radius 1 is 1.05 bits per heavy atom. The van der Waals surface area contributed by atoms with E-state index in [0.29, 0.717) is 4.90 Å². The number of aryl methyl sites for hydroxylation is 1. The summed E-state index contributed by atoms with van der Waals surface area (Å²) in [5.41, 5.74) is 1.05. The van der Waals surface area contributed by atoms with E-state index in [2.05, 4.69) is 14.5 Å². The quantitative estimate of drug-likeness (QED) is 0.884. The highest BCUT2D eigenvalue weighted by atomic mass is 32.2. The Bertz CT molecular complexity index is 530. The number of benzene rings is 1. The van der Waals surface area contributed by atoms with Gasteiger partial charge in [-0.2, -0.15) is 0 Å². The van der Waals surface area contributed by atoms with Gasteiger partial charge in [-0.25, -0.2) is 13.1 Å². The summed E-state index contributed by atoms with van der Waals surface area (Å²) in [5.74, 6) is 0. The first-order chi connectivity index (χ1) is 9.37. The van der Waals surface area contributed by atoms with Crippen LogP contribution >= 0.6 is 0 Å². The summed E-state index contributed by atoms with van der Waals surface area (Å²) >= 11 is 0. The molecule has 2 rings (SSSR count). The molecule has 0 bridgehead atoms. The average molecular weight is 297 g/mol. The fraction of sp³-hybridized carbons (Fsp3) is 0.571. The van der Waals surface area contributed by atoms with Gasteiger partial charge in [-0.05, 0) is 33.2 Å². The van der Waals surface area contributed by atoms with Crippen molar-refractivity contribution in [1.29, 1.82) is 0 Å². The zero-order valence-electron chi connectivity index (χ0n) is 12.3. The van der Waals surface area contributed by atoms with E-state index in [4.69, 9.17) is 0 Å². The lowest BCUT2D eigenvalue weighted by Crippen LogP contribution is -2.45. The molecule has 112 valence electrons. The second kappa shape index (κ2) is 6.22. The van der Waals surface area contributed by atoms with Gasteiger partial charge in [0.2, 0.25) is 10.0 Å².